The van der Waals surface area contributed by atoms with Crippen molar-refractivity contribution in [1.82, 2.24) is 5.01 Å². The Bertz CT molecular complexity index is 187. The summed E-state index contributed by atoms with van der Waals surface area (Å²) in [5.74, 6) is 0.121. The van der Waals surface area contributed by atoms with E-state index < -0.39 is 0 Å². The monoisotopic (exact) mass is 154 g/mol. The van der Waals surface area contributed by atoms with Gasteiger partial charge in [0.05, 0.1) is 6.42 Å². The molecule has 0 saturated heterocycles. The number of hydrogen-bond donors (Lipinski definition) is 0. The van der Waals surface area contributed by atoms with Crippen molar-refractivity contribution >= 4 is 11.6 Å². The highest BCUT2D eigenvalue weighted by Gasteiger charge is 2.18. The van der Waals surface area contributed by atoms with Crippen molar-refractivity contribution in [3.05, 3.63) is 0 Å². The lowest BCUT2D eigenvalue weighted by molar-refractivity contribution is -0.127. The predicted molar refractivity (Wildman–Crippen MR) is 44.3 cm³/mol. The summed E-state index contributed by atoms with van der Waals surface area (Å²) in [5.41, 5.74) is 1.04. The second-order valence-corrected chi connectivity index (χ2v) is 2.86. The summed E-state index contributed by atoms with van der Waals surface area (Å²) in [6, 6.07) is 0. The van der Waals surface area contributed by atoms with Gasteiger partial charge in [-0.3, -0.25) is 4.79 Å². The third-order valence-corrected chi connectivity index (χ3v) is 1.83. The molecule has 0 bridgehead atoms. The molecule has 0 aromatic carbocycles. The normalized spacial score (nSPS) is 17.5. The summed E-state index contributed by atoms with van der Waals surface area (Å²) in [6.45, 7) is 2.14. The Labute approximate surface area is 67.1 Å². The van der Waals surface area contributed by atoms with Gasteiger partial charge in [-0.25, -0.2) is 5.01 Å². The van der Waals surface area contributed by atoms with Crippen molar-refractivity contribution in [3.8, 4) is 0 Å². The third-order valence-electron chi connectivity index (χ3n) is 1.83. The van der Waals surface area contributed by atoms with Crippen LogP contribution in [-0.2, 0) is 4.79 Å². The Hall–Kier alpha value is -0.860. The Morgan fingerprint density at radius 1 is 1.64 bits per heavy atom. The minimum Gasteiger partial charge on any atom is -0.273 e. The first-order valence-electron chi connectivity index (χ1n) is 4.07. The van der Waals surface area contributed by atoms with Crippen molar-refractivity contribution in [2.75, 3.05) is 7.05 Å². The lowest BCUT2D eigenvalue weighted by Crippen LogP contribution is -2.13. The first-order valence-corrected chi connectivity index (χ1v) is 4.07. The number of unbranched alkanes of at least 4 members (excludes halogenated alkanes) is 1. The standard InChI is InChI=1S/C8H14N2O/c1-3-4-5-7-6-8(11)10(2)9-7/h3-6H2,1-2H3. The van der Waals surface area contributed by atoms with Crippen LogP contribution in [0, 0.1) is 0 Å². The van der Waals surface area contributed by atoms with E-state index in [1.807, 2.05) is 0 Å². The van der Waals surface area contributed by atoms with Gasteiger partial charge in [-0.1, -0.05) is 13.3 Å². The van der Waals surface area contributed by atoms with Crippen LogP contribution in [0.1, 0.15) is 32.6 Å². The first-order chi connectivity index (χ1) is 5.24. The summed E-state index contributed by atoms with van der Waals surface area (Å²) in [5, 5.41) is 5.54. The molecule has 0 fully saturated rings. The van der Waals surface area contributed by atoms with Crippen molar-refractivity contribution in [3.63, 3.8) is 0 Å². The molecule has 0 aromatic rings. The highest BCUT2D eigenvalue weighted by molar-refractivity contribution is 6.04. The van der Waals surface area contributed by atoms with Crippen LogP contribution in [0.4, 0.5) is 0 Å². The smallest absolute Gasteiger partial charge is 0.248 e. The number of rotatable bonds is 3. The van der Waals surface area contributed by atoms with Crippen molar-refractivity contribution < 1.29 is 4.79 Å². The van der Waals surface area contributed by atoms with Gasteiger partial charge in [0.1, 0.15) is 0 Å². The van der Waals surface area contributed by atoms with Crippen molar-refractivity contribution in [2.45, 2.75) is 32.6 Å². The van der Waals surface area contributed by atoms with E-state index in [9.17, 15) is 4.79 Å². The van der Waals surface area contributed by atoms with E-state index in [0.29, 0.717) is 6.42 Å². The summed E-state index contributed by atoms with van der Waals surface area (Å²) < 4.78 is 0. The molecule has 0 spiro atoms. The van der Waals surface area contributed by atoms with Gasteiger partial charge in [0.25, 0.3) is 0 Å². The van der Waals surface area contributed by atoms with Crippen LogP contribution < -0.4 is 0 Å². The fourth-order valence-electron chi connectivity index (χ4n) is 1.11. The van der Waals surface area contributed by atoms with E-state index in [0.717, 1.165) is 25.0 Å². The average molecular weight is 154 g/mol. The molecule has 0 radical (unpaired) electrons. The molecule has 0 aromatic heterocycles. The van der Waals surface area contributed by atoms with Crippen LogP contribution in [0.3, 0.4) is 0 Å². The molecule has 1 rings (SSSR count). The molecule has 0 unspecified atom stereocenters. The summed E-state index contributed by atoms with van der Waals surface area (Å²) in [7, 11) is 1.71. The molecule has 0 saturated carbocycles. The van der Waals surface area contributed by atoms with Crippen LogP contribution in [0.15, 0.2) is 5.10 Å². The molecule has 1 amide bonds. The van der Waals surface area contributed by atoms with E-state index in [-0.39, 0.29) is 5.91 Å². The van der Waals surface area contributed by atoms with Gasteiger partial charge in [-0.2, -0.15) is 5.10 Å². The average Bonchev–Trinajstić information content (AvgIpc) is 2.28. The number of hydrogen-bond acceptors (Lipinski definition) is 2. The SMILES string of the molecule is CCCCC1=NN(C)C(=O)C1. The van der Waals surface area contributed by atoms with Gasteiger partial charge in [0.15, 0.2) is 0 Å². The summed E-state index contributed by atoms with van der Waals surface area (Å²) in [4.78, 5) is 11.0. The zero-order chi connectivity index (χ0) is 8.27. The fourth-order valence-corrected chi connectivity index (χ4v) is 1.11. The number of carbonyl (C=O) groups excluding carboxylic acids is 1. The number of nitrogens with zero attached hydrogens (tertiary/aromatic N) is 2. The van der Waals surface area contributed by atoms with Crippen LogP contribution >= 0.6 is 0 Å². The van der Waals surface area contributed by atoms with Gasteiger partial charge in [0, 0.05) is 12.8 Å². The van der Waals surface area contributed by atoms with Gasteiger partial charge in [-0.05, 0) is 12.8 Å². The van der Waals surface area contributed by atoms with Crippen LogP contribution in [-0.4, -0.2) is 23.7 Å². The van der Waals surface area contributed by atoms with Crippen LogP contribution in [0.5, 0.6) is 0 Å². The van der Waals surface area contributed by atoms with Crippen LogP contribution in [0.2, 0.25) is 0 Å². The molecule has 0 atom stereocenters. The number of carbonyl (C=O) groups is 1. The topological polar surface area (TPSA) is 32.7 Å². The van der Waals surface area contributed by atoms with Gasteiger partial charge < -0.3 is 0 Å². The molecular formula is C8H14N2O. The Kier molecular flexibility index (Phi) is 2.63. The van der Waals surface area contributed by atoms with Crippen molar-refractivity contribution in [2.24, 2.45) is 5.10 Å². The molecule has 62 valence electrons. The lowest BCUT2D eigenvalue weighted by atomic mass is 10.1. The molecule has 11 heavy (non-hydrogen) atoms. The fraction of sp³-hybridized carbons (Fsp3) is 0.750. The molecule has 0 aliphatic carbocycles. The van der Waals surface area contributed by atoms with Gasteiger partial charge in [-0.15, -0.1) is 0 Å². The molecule has 0 N–H and O–H groups in total. The maximum atomic E-state index is 11.0. The lowest BCUT2D eigenvalue weighted by Gasteiger charge is -1.98. The zero-order valence-electron chi connectivity index (χ0n) is 7.13. The third kappa shape index (κ3) is 2.03. The van der Waals surface area contributed by atoms with E-state index in [1.54, 1.807) is 7.05 Å². The van der Waals surface area contributed by atoms with Crippen LogP contribution in [0.25, 0.3) is 0 Å². The molecule has 1 aliphatic rings. The van der Waals surface area contributed by atoms with Gasteiger partial charge in [0.2, 0.25) is 5.91 Å². The Morgan fingerprint density at radius 2 is 2.36 bits per heavy atom. The highest BCUT2D eigenvalue weighted by Crippen LogP contribution is 2.10. The second-order valence-electron chi connectivity index (χ2n) is 2.86. The van der Waals surface area contributed by atoms with Crippen molar-refractivity contribution in [1.29, 1.82) is 0 Å². The largest absolute Gasteiger partial charge is 0.273 e. The molecule has 1 aliphatic heterocycles. The summed E-state index contributed by atoms with van der Waals surface area (Å²) in [6.07, 6.45) is 3.82. The summed E-state index contributed by atoms with van der Waals surface area (Å²) >= 11 is 0. The van der Waals surface area contributed by atoms with E-state index >= 15 is 0 Å². The maximum absolute atomic E-state index is 11.0. The second kappa shape index (κ2) is 3.51. The maximum Gasteiger partial charge on any atom is 0.248 e. The number of amides is 1. The molecular weight excluding hydrogens is 140 g/mol. The minimum atomic E-state index is 0.121. The van der Waals surface area contributed by atoms with E-state index in [2.05, 4.69) is 12.0 Å². The highest BCUT2D eigenvalue weighted by atomic mass is 16.2. The quantitative estimate of drug-likeness (QED) is 0.604. The molecule has 1 heterocycles. The molecule has 3 heteroatoms. The number of hydrazone groups is 1. The predicted octanol–water partition coefficient (Wildman–Crippen LogP) is 1.39. The zero-order valence-corrected chi connectivity index (χ0v) is 7.13. The first kappa shape index (κ1) is 8.24. The van der Waals surface area contributed by atoms with Gasteiger partial charge >= 0.3 is 0 Å². The minimum absolute atomic E-state index is 0.121. The Morgan fingerprint density at radius 3 is 2.82 bits per heavy atom. The van der Waals surface area contributed by atoms with E-state index in [4.69, 9.17) is 0 Å². The Balaban J connectivity index is 2.37. The molecule has 3 nitrogen and oxygen atoms in total. The van der Waals surface area contributed by atoms with E-state index in [1.165, 1.54) is 5.01 Å².